The molecule has 1 unspecified atom stereocenters. The Labute approximate surface area is 207 Å². The summed E-state index contributed by atoms with van der Waals surface area (Å²) in [6.07, 6.45) is -5.05. The lowest BCUT2D eigenvalue weighted by Gasteiger charge is -2.25. The number of carboxylic acids is 1. The van der Waals surface area contributed by atoms with Gasteiger partial charge in [-0.3, -0.25) is 5.01 Å². The molecule has 0 aliphatic carbocycles. The third-order valence-electron chi connectivity index (χ3n) is 5.27. The number of aromatic carboxylic acids is 1. The largest absolute Gasteiger partial charge is 0.491 e. The van der Waals surface area contributed by atoms with Crippen LogP contribution in [0.15, 0.2) is 65.8 Å². The zero-order valence-electron chi connectivity index (χ0n) is 17.7. The average molecular weight is 527 g/mol. The van der Waals surface area contributed by atoms with Crippen molar-refractivity contribution in [3.05, 3.63) is 82.1 Å². The summed E-state index contributed by atoms with van der Waals surface area (Å²) in [5.41, 5.74) is -0.127. The summed E-state index contributed by atoms with van der Waals surface area (Å²) < 4.78 is 59.6. The first-order valence-corrected chi connectivity index (χ1v) is 10.9. The van der Waals surface area contributed by atoms with Crippen LogP contribution >= 0.6 is 23.2 Å². The number of carbonyl (C=O) groups is 1. The van der Waals surface area contributed by atoms with Crippen LogP contribution in [0.2, 0.25) is 10.0 Å². The summed E-state index contributed by atoms with van der Waals surface area (Å²) in [7, 11) is 0. The number of halogens is 6. The van der Waals surface area contributed by atoms with Gasteiger partial charge in [-0.15, -0.1) is 0 Å². The van der Waals surface area contributed by atoms with Crippen LogP contribution < -0.4 is 9.75 Å². The Morgan fingerprint density at radius 3 is 2.31 bits per heavy atom. The number of anilines is 1. The van der Waals surface area contributed by atoms with Crippen LogP contribution in [0.5, 0.6) is 5.75 Å². The summed E-state index contributed by atoms with van der Waals surface area (Å²) >= 11 is 12.4. The van der Waals surface area contributed by atoms with E-state index in [0.29, 0.717) is 16.9 Å². The molecule has 182 valence electrons. The van der Waals surface area contributed by atoms with Gasteiger partial charge in [-0.1, -0.05) is 41.4 Å². The Hall–Kier alpha value is -3.30. The van der Waals surface area contributed by atoms with Gasteiger partial charge in [-0.2, -0.15) is 18.3 Å². The number of alkyl halides is 3. The molecule has 3 aromatic carbocycles. The number of benzene rings is 3. The molecule has 0 spiro atoms. The second-order valence-corrected chi connectivity index (χ2v) is 8.50. The molecule has 1 aliphatic rings. The number of nitrogens with zero attached hydrogens (tertiary/aromatic N) is 2. The highest BCUT2D eigenvalue weighted by molar-refractivity contribution is 6.39. The van der Waals surface area contributed by atoms with Gasteiger partial charge in [0, 0.05) is 6.42 Å². The first-order valence-electron chi connectivity index (χ1n) is 10.2. The Morgan fingerprint density at radius 1 is 1.06 bits per heavy atom. The van der Waals surface area contributed by atoms with Gasteiger partial charge in [-0.05, 0) is 53.6 Å². The van der Waals surface area contributed by atoms with Gasteiger partial charge in [-0.25, -0.2) is 9.18 Å². The minimum Gasteiger partial charge on any atom is -0.491 e. The van der Waals surface area contributed by atoms with Gasteiger partial charge >= 0.3 is 12.1 Å². The van der Waals surface area contributed by atoms with E-state index >= 15 is 0 Å². The van der Waals surface area contributed by atoms with Crippen molar-refractivity contribution < 1.29 is 32.2 Å². The molecule has 0 saturated carbocycles. The van der Waals surface area contributed by atoms with Crippen molar-refractivity contribution in [3.8, 4) is 16.9 Å². The van der Waals surface area contributed by atoms with E-state index in [1.165, 1.54) is 24.3 Å². The third-order valence-corrected chi connectivity index (χ3v) is 5.88. The maximum absolute atomic E-state index is 13.8. The molecule has 5 nitrogen and oxygen atoms in total. The van der Waals surface area contributed by atoms with Crippen molar-refractivity contribution in [2.24, 2.45) is 5.10 Å². The second kappa shape index (κ2) is 9.75. The van der Waals surface area contributed by atoms with Crippen molar-refractivity contribution in [3.63, 3.8) is 0 Å². The minimum atomic E-state index is -4.62. The summed E-state index contributed by atoms with van der Waals surface area (Å²) in [4.78, 5) is 11.2. The van der Waals surface area contributed by atoms with Crippen molar-refractivity contribution >= 4 is 40.6 Å². The van der Waals surface area contributed by atoms with E-state index in [-0.39, 0.29) is 27.9 Å². The highest BCUT2D eigenvalue weighted by Gasteiger charge is 2.44. The van der Waals surface area contributed by atoms with E-state index in [9.17, 15) is 22.4 Å². The van der Waals surface area contributed by atoms with Crippen LogP contribution in [0.1, 0.15) is 16.8 Å². The third kappa shape index (κ3) is 5.52. The highest BCUT2D eigenvalue weighted by Crippen LogP contribution is 2.39. The van der Waals surface area contributed by atoms with E-state index in [4.69, 9.17) is 33.0 Å². The Kier molecular flexibility index (Phi) is 6.91. The fourth-order valence-electron chi connectivity index (χ4n) is 3.62. The Bertz CT molecular complexity index is 1280. The molecule has 0 radical (unpaired) electrons. The molecule has 0 saturated heterocycles. The van der Waals surface area contributed by atoms with E-state index in [1.54, 1.807) is 30.3 Å². The first kappa shape index (κ1) is 24.8. The Balaban J connectivity index is 1.53. The van der Waals surface area contributed by atoms with Gasteiger partial charge in [0.1, 0.15) is 23.9 Å². The normalized spacial score (nSPS) is 15.8. The van der Waals surface area contributed by atoms with Gasteiger partial charge in [0.15, 0.2) is 0 Å². The summed E-state index contributed by atoms with van der Waals surface area (Å²) in [6.45, 7) is -0.160. The summed E-state index contributed by atoms with van der Waals surface area (Å²) in [6, 6.07) is 13.5. The lowest BCUT2D eigenvalue weighted by atomic mass is 10.0. The maximum atomic E-state index is 13.8. The SMILES string of the molecule is O=C(O)c1cc(F)cc(-c2ccc(OCC3CC(C(F)(F)F)=NN3c3c(Cl)cccc3Cl)cc2)c1. The summed E-state index contributed by atoms with van der Waals surface area (Å²) in [5, 5.41) is 14.3. The molecule has 11 heteroatoms. The number of ether oxygens (including phenoxy) is 1. The fraction of sp³-hybridized carbons (Fsp3) is 0.167. The van der Waals surface area contributed by atoms with Crippen LogP contribution in [0.25, 0.3) is 11.1 Å². The standard InChI is InChI=1S/C24H16Cl2F4N2O3/c25-19-2-1-3-20(26)22(19)32-17(11-21(31-32)24(28,29)30)12-35-18-6-4-13(5-7-18)14-8-15(23(33)34)10-16(27)9-14/h1-10,17H,11-12H2,(H,33,34). The smallest absolute Gasteiger partial charge is 0.431 e. The number of hydrogen-bond donors (Lipinski definition) is 1. The monoisotopic (exact) mass is 526 g/mol. The molecule has 35 heavy (non-hydrogen) atoms. The molecular formula is C24H16Cl2F4N2O3. The van der Waals surface area contributed by atoms with Gasteiger partial charge in [0.2, 0.25) is 0 Å². The molecule has 1 atom stereocenters. The number of hydrogen-bond acceptors (Lipinski definition) is 4. The van der Waals surface area contributed by atoms with Crippen LogP contribution in [0.4, 0.5) is 23.2 Å². The molecule has 1 heterocycles. The molecule has 3 aromatic rings. The van der Waals surface area contributed by atoms with Crippen molar-refractivity contribution in [2.45, 2.75) is 18.6 Å². The van der Waals surface area contributed by atoms with Crippen LogP contribution in [0, 0.1) is 5.82 Å². The predicted octanol–water partition coefficient (Wildman–Crippen LogP) is 7.07. The number of rotatable bonds is 6. The zero-order chi connectivity index (χ0) is 25.3. The zero-order valence-corrected chi connectivity index (χ0v) is 19.2. The second-order valence-electron chi connectivity index (χ2n) is 7.69. The number of carboxylic acid groups (broad SMARTS) is 1. The number of para-hydroxylation sites is 1. The average Bonchev–Trinajstić information content (AvgIpc) is 3.22. The Morgan fingerprint density at radius 2 is 1.71 bits per heavy atom. The van der Waals surface area contributed by atoms with E-state index in [2.05, 4.69) is 5.10 Å². The lowest BCUT2D eigenvalue weighted by Crippen LogP contribution is -2.33. The quantitative estimate of drug-likeness (QED) is 0.349. The molecular weight excluding hydrogens is 511 g/mol. The molecule has 0 aromatic heterocycles. The predicted molar refractivity (Wildman–Crippen MR) is 125 cm³/mol. The van der Waals surface area contributed by atoms with E-state index in [0.717, 1.165) is 11.1 Å². The van der Waals surface area contributed by atoms with Crippen LogP contribution in [-0.4, -0.2) is 35.6 Å². The lowest BCUT2D eigenvalue weighted by molar-refractivity contribution is -0.0600. The number of hydrazone groups is 1. The van der Waals surface area contributed by atoms with Crippen molar-refractivity contribution in [1.29, 1.82) is 0 Å². The van der Waals surface area contributed by atoms with Crippen LogP contribution in [0.3, 0.4) is 0 Å². The van der Waals surface area contributed by atoms with Crippen LogP contribution in [-0.2, 0) is 0 Å². The van der Waals surface area contributed by atoms with E-state index < -0.39 is 36.1 Å². The molecule has 1 N–H and O–H groups in total. The highest BCUT2D eigenvalue weighted by atomic mass is 35.5. The topological polar surface area (TPSA) is 62.1 Å². The maximum Gasteiger partial charge on any atom is 0.431 e. The van der Waals surface area contributed by atoms with Crippen molar-refractivity contribution in [2.75, 3.05) is 11.6 Å². The van der Waals surface area contributed by atoms with Gasteiger partial charge in [0.25, 0.3) is 0 Å². The fourth-order valence-corrected chi connectivity index (χ4v) is 4.19. The van der Waals surface area contributed by atoms with Gasteiger partial charge in [0.05, 0.1) is 27.3 Å². The molecule has 0 fully saturated rings. The first-order chi connectivity index (χ1) is 16.5. The molecule has 0 amide bonds. The molecule has 1 aliphatic heterocycles. The minimum absolute atomic E-state index is 0.148. The van der Waals surface area contributed by atoms with Crippen molar-refractivity contribution in [1.82, 2.24) is 0 Å². The molecule has 0 bridgehead atoms. The summed E-state index contributed by atoms with van der Waals surface area (Å²) in [5.74, 6) is -1.61. The van der Waals surface area contributed by atoms with E-state index in [1.807, 2.05) is 0 Å². The van der Waals surface area contributed by atoms with Gasteiger partial charge < -0.3 is 9.84 Å². The molecule has 4 rings (SSSR count).